The van der Waals surface area contributed by atoms with E-state index in [1.807, 2.05) is 12.3 Å². The molecule has 2 N–H and O–H groups in total. The van der Waals surface area contributed by atoms with Gasteiger partial charge >= 0.3 is 0 Å². The lowest BCUT2D eigenvalue weighted by atomic mass is 9.75. The molecule has 0 aliphatic heterocycles. The van der Waals surface area contributed by atoms with Gasteiger partial charge in [0.15, 0.2) is 0 Å². The summed E-state index contributed by atoms with van der Waals surface area (Å²) in [5, 5.41) is 11.1. The smallest absolute Gasteiger partial charge is 0.0695 e. The van der Waals surface area contributed by atoms with E-state index in [1.165, 1.54) is 36.8 Å². The standard InChI is InChI=1S/C18H25N3/c1-18(2)10-8-16(9-11-18)19-12-15-13-20-21-17(15)14-6-4-3-5-7-14/h3-7,13,16,19H,8-12H2,1-2H3,(H,20,21). The fourth-order valence-electron chi connectivity index (χ4n) is 3.16. The molecule has 3 nitrogen and oxygen atoms in total. The lowest BCUT2D eigenvalue weighted by molar-refractivity contribution is 0.206. The summed E-state index contributed by atoms with van der Waals surface area (Å²) >= 11 is 0. The van der Waals surface area contributed by atoms with Gasteiger partial charge in [-0.3, -0.25) is 5.10 Å². The maximum absolute atomic E-state index is 4.22. The molecule has 3 heteroatoms. The predicted molar refractivity (Wildman–Crippen MR) is 86.9 cm³/mol. The zero-order valence-corrected chi connectivity index (χ0v) is 13.0. The first kappa shape index (κ1) is 14.3. The highest BCUT2D eigenvalue weighted by Gasteiger charge is 2.26. The Labute approximate surface area is 127 Å². The Hall–Kier alpha value is -1.61. The van der Waals surface area contributed by atoms with Crippen LogP contribution in [0.2, 0.25) is 0 Å². The van der Waals surface area contributed by atoms with Gasteiger partial charge in [-0.05, 0) is 36.7 Å². The second-order valence-corrected chi connectivity index (χ2v) is 6.96. The molecule has 0 atom stereocenters. The van der Waals surface area contributed by atoms with E-state index < -0.39 is 0 Å². The topological polar surface area (TPSA) is 40.7 Å². The van der Waals surface area contributed by atoms with Crippen molar-refractivity contribution >= 4 is 0 Å². The van der Waals surface area contributed by atoms with E-state index in [0.717, 1.165) is 12.2 Å². The minimum Gasteiger partial charge on any atom is -0.310 e. The van der Waals surface area contributed by atoms with Crippen LogP contribution in [0.15, 0.2) is 36.5 Å². The number of rotatable bonds is 4. The van der Waals surface area contributed by atoms with Gasteiger partial charge in [0.25, 0.3) is 0 Å². The fourth-order valence-corrected chi connectivity index (χ4v) is 3.16. The third-order valence-corrected chi connectivity index (χ3v) is 4.70. The van der Waals surface area contributed by atoms with Crippen LogP contribution in [0, 0.1) is 5.41 Å². The quantitative estimate of drug-likeness (QED) is 0.885. The summed E-state index contributed by atoms with van der Waals surface area (Å²) in [6, 6.07) is 11.1. The van der Waals surface area contributed by atoms with E-state index in [4.69, 9.17) is 0 Å². The van der Waals surface area contributed by atoms with Gasteiger partial charge in [0.2, 0.25) is 0 Å². The molecule has 0 saturated heterocycles. The zero-order chi connectivity index (χ0) is 14.7. The number of H-pyrrole nitrogens is 1. The molecule has 2 aromatic rings. The van der Waals surface area contributed by atoms with Crippen molar-refractivity contribution in [3.05, 3.63) is 42.1 Å². The molecular formula is C18H25N3. The molecule has 0 amide bonds. The highest BCUT2D eigenvalue weighted by atomic mass is 15.1. The molecule has 1 aromatic carbocycles. The van der Waals surface area contributed by atoms with Crippen LogP contribution in [0.4, 0.5) is 0 Å². The normalized spacial score (nSPS) is 18.8. The van der Waals surface area contributed by atoms with Crippen LogP contribution in [0.1, 0.15) is 45.1 Å². The number of benzene rings is 1. The Morgan fingerprint density at radius 1 is 1.19 bits per heavy atom. The van der Waals surface area contributed by atoms with Crippen molar-refractivity contribution in [1.82, 2.24) is 15.5 Å². The average Bonchev–Trinajstić information content (AvgIpc) is 2.95. The fraction of sp³-hybridized carbons (Fsp3) is 0.500. The van der Waals surface area contributed by atoms with Crippen LogP contribution < -0.4 is 5.32 Å². The summed E-state index contributed by atoms with van der Waals surface area (Å²) in [6.45, 7) is 5.66. The third-order valence-electron chi connectivity index (χ3n) is 4.70. The summed E-state index contributed by atoms with van der Waals surface area (Å²) in [4.78, 5) is 0. The Kier molecular flexibility index (Phi) is 4.11. The first-order chi connectivity index (χ1) is 10.1. The number of aromatic nitrogens is 2. The number of hydrogen-bond acceptors (Lipinski definition) is 2. The van der Waals surface area contributed by atoms with Crippen LogP contribution in [0.3, 0.4) is 0 Å². The summed E-state index contributed by atoms with van der Waals surface area (Å²) in [6.07, 6.45) is 7.16. The van der Waals surface area contributed by atoms with E-state index in [0.29, 0.717) is 11.5 Å². The van der Waals surface area contributed by atoms with Crippen LogP contribution in [-0.2, 0) is 6.54 Å². The molecule has 0 bridgehead atoms. The molecule has 1 saturated carbocycles. The minimum absolute atomic E-state index is 0.531. The van der Waals surface area contributed by atoms with Crippen molar-refractivity contribution in [2.75, 3.05) is 0 Å². The van der Waals surface area contributed by atoms with Gasteiger partial charge in [0.05, 0.1) is 11.9 Å². The maximum atomic E-state index is 4.22. The molecule has 1 aromatic heterocycles. The molecule has 1 heterocycles. The Morgan fingerprint density at radius 3 is 2.62 bits per heavy atom. The third kappa shape index (κ3) is 3.53. The van der Waals surface area contributed by atoms with Gasteiger partial charge in [-0.1, -0.05) is 44.2 Å². The highest BCUT2D eigenvalue weighted by Crippen LogP contribution is 2.35. The second-order valence-electron chi connectivity index (χ2n) is 6.96. The van der Waals surface area contributed by atoms with Crippen molar-refractivity contribution < 1.29 is 0 Å². The highest BCUT2D eigenvalue weighted by molar-refractivity contribution is 5.62. The lowest BCUT2D eigenvalue weighted by Gasteiger charge is -2.34. The van der Waals surface area contributed by atoms with Crippen molar-refractivity contribution in [2.45, 2.75) is 52.1 Å². The van der Waals surface area contributed by atoms with E-state index in [2.05, 4.69) is 53.6 Å². The molecule has 21 heavy (non-hydrogen) atoms. The Morgan fingerprint density at radius 2 is 1.90 bits per heavy atom. The summed E-state index contributed by atoms with van der Waals surface area (Å²) in [5.74, 6) is 0. The summed E-state index contributed by atoms with van der Waals surface area (Å²) < 4.78 is 0. The minimum atomic E-state index is 0.531. The maximum Gasteiger partial charge on any atom is 0.0695 e. The van der Waals surface area contributed by atoms with Crippen LogP contribution in [-0.4, -0.2) is 16.2 Å². The largest absolute Gasteiger partial charge is 0.310 e. The molecule has 1 fully saturated rings. The van der Waals surface area contributed by atoms with Gasteiger partial charge in [0, 0.05) is 18.2 Å². The van der Waals surface area contributed by atoms with Crippen molar-refractivity contribution in [2.24, 2.45) is 5.41 Å². The van der Waals surface area contributed by atoms with E-state index in [-0.39, 0.29) is 0 Å². The second kappa shape index (κ2) is 6.02. The number of aromatic amines is 1. The van der Waals surface area contributed by atoms with Gasteiger partial charge in [0.1, 0.15) is 0 Å². The molecule has 0 spiro atoms. The first-order valence-corrected chi connectivity index (χ1v) is 7.95. The van der Waals surface area contributed by atoms with Gasteiger partial charge in [-0.15, -0.1) is 0 Å². The van der Waals surface area contributed by atoms with E-state index in [1.54, 1.807) is 0 Å². The predicted octanol–water partition coefficient (Wildman–Crippen LogP) is 4.14. The first-order valence-electron chi connectivity index (χ1n) is 7.95. The number of nitrogens with zero attached hydrogens (tertiary/aromatic N) is 1. The summed E-state index contributed by atoms with van der Waals surface area (Å²) in [7, 11) is 0. The molecule has 3 rings (SSSR count). The molecule has 112 valence electrons. The summed E-state index contributed by atoms with van der Waals surface area (Å²) in [5.41, 5.74) is 4.13. The van der Waals surface area contributed by atoms with Crippen LogP contribution in [0.5, 0.6) is 0 Å². The van der Waals surface area contributed by atoms with Gasteiger partial charge in [-0.2, -0.15) is 5.10 Å². The molecule has 0 radical (unpaired) electrons. The molecule has 1 aliphatic carbocycles. The molecule has 0 unspecified atom stereocenters. The van der Waals surface area contributed by atoms with Crippen LogP contribution >= 0.6 is 0 Å². The SMILES string of the molecule is CC1(C)CCC(NCc2cn[nH]c2-c2ccccc2)CC1. The van der Waals surface area contributed by atoms with E-state index in [9.17, 15) is 0 Å². The van der Waals surface area contributed by atoms with Crippen molar-refractivity contribution in [3.8, 4) is 11.3 Å². The van der Waals surface area contributed by atoms with Gasteiger partial charge < -0.3 is 5.32 Å². The van der Waals surface area contributed by atoms with E-state index >= 15 is 0 Å². The van der Waals surface area contributed by atoms with Crippen LogP contribution in [0.25, 0.3) is 11.3 Å². The van der Waals surface area contributed by atoms with Gasteiger partial charge in [-0.25, -0.2) is 0 Å². The molecular weight excluding hydrogens is 258 g/mol. The monoisotopic (exact) mass is 283 g/mol. The average molecular weight is 283 g/mol. The Balaban J connectivity index is 1.61. The number of hydrogen-bond donors (Lipinski definition) is 2. The molecule has 1 aliphatic rings. The van der Waals surface area contributed by atoms with Crippen molar-refractivity contribution in [1.29, 1.82) is 0 Å². The lowest BCUT2D eigenvalue weighted by Crippen LogP contribution is -2.35. The zero-order valence-electron chi connectivity index (χ0n) is 13.0. The number of nitrogens with one attached hydrogen (secondary N) is 2. The Bertz CT molecular complexity index is 561. The van der Waals surface area contributed by atoms with Crippen molar-refractivity contribution in [3.63, 3.8) is 0 Å².